The Hall–Kier alpha value is -1.92. The topological polar surface area (TPSA) is 95.0 Å². The highest BCUT2D eigenvalue weighted by Gasteiger charge is 2.35. The summed E-state index contributed by atoms with van der Waals surface area (Å²) in [6, 6.07) is -1.03. The van der Waals surface area contributed by atoms with E-state index in [-0.39, 0.29) is 43.7 Å². The maximum atomic E-state index is 11.7. The Morgan fingerprint density at radius 1 is 1.25 bits per heavy atom. The van der Waals surface area contributed by atoms with Crippen LogP contribution in [0.5, 0.6) is 0 Å². The van der Waals surface area contributed by atoms with Crippen molar-refractivity contribution in [3.8, 4) is 0 Å². The standard InChI is InChI=1S/C13H20N2O5/c1-8(2)6-10(13(19)20)14(9(3)16)7-15-11(17)4-5-12(15)18/h8,10H,4-7H2,1-3H3,(H,19,20)/t10-/m0/s1. The molecule has 0 bridgehead atoms. The quantitative estimate of drug-likeness (QED) is 0.714. The SMILES string of the molecule is CC(=O)N(CN1C(=O)CCC1=O)[C@@H](CC(C)C)C(=O)O. The van der Waals surface area contributed by atoms with Gasteiger partial charge in [-0.1, -0.05) is 13.8 Å². The summed E-state index contributed by atoms with van der Waals surface area (Å²) in [4.78, 5) is 48.2. The highest BCUT2D eigenvalue weighted by molar-refractivity contribution is 6.02. The van der Waals surface area contributed by atoms with E-state index in [4.69, 9.17) is 0 Å². The van der Waals surface area contributed by atoms with E-state index in [0.29, 0.717) is 0 Å². The Kier molecular flexibility index (Phi) is 5.24. The average molecular weight is 284 g/mol. The van der Waals surface area contributed by atoms with Crippen LogP contribution in [-0.2, 0) is 19.2 Å². The second-order valence-corrected chi connectivity index (χ2v) is 5.33. The number of likely N-dealkylation sites (tertiary alicyclic amines) is 1. The number of hydrogen-bond acceptors (Lipinski definition) is 4. The molecule has 1 aliphatic rings. The van der Waals surface area contributed by atoms with E-state index in [1.165, 1.54) is 6.92 Å². The molecular formula is C13H20N2O5. The van der Waals surface area contributed by atoms with Crippen LogP contribution < -0.4 is 0 Å². The summed E-state index contributed by atoms with van der Waals surface area (Å²) in [5.41, 5.74) is 0. The summed E-state index contributed by atoms with van der Waals surface area (Å²) in [6.45, 7) is 4.65. The number of nitrogens with zero attached hydrogens (tertiary/aromatic N) is 2. The molecular weight excluding hydrogens is 264 g/mol. The molecule has 0 aliphatic carbocycles. The van der Waals surface area contributed by atoms with Gasteiger partial charge in [-0.15, -0.1) is 0 Å². The highest BCUT2D eigenvalue weighted by Crippen LogP contribution is 2.17. The Bertz CT molecular complexity index is 416. The summed E-state index contributed by atoms with van der Waals surface area (Å²) in [7, 11) is 0. The van der Waals surface area contributed by atoms with Gasteiger partial charge in [-0.3, -0.25) is 19.3 Å². The minimum atomic E-state index is -1.13. The molecule has 0 unspecified atom stereocenters. The second kappa shape index (κ2) is 6.49. The van der Waals surface area contributed by atoms with Gasteiger partial charge in [0.2, 0.25) is 17.7 Å². The number of hydrogen-bond donors (Lipinski definition) is 1. The molecule has 7 heteroatoms. The lowest BCUT2D eigenvalue weighted by Gasteiger charge is -2.31. The van der Waals surface area contributed by atoms with Crippen LogP contribution in [-0.4, -0.2) is 51.3 Å². The first-order chi connectivity index (χ1) is 9.23. The number of carbonyl (C=O) groups is 4. The van der Waals surface area contributed by atoms with Crippen molar-refractivity contribution >= 4 is 23.7 Å². The lowest BCUT2D eigenvalue weighted by molar-refractivity contribution is -0.155. The predicted molar refractivity (Wildman–Crippen MR) is 69.4 cm³/mol. The summed E-state index contributed by atoms with van der Waals surface area (Å²) < 4.78 is 0. The molecule has 1 N–H and O–H groups in total. The Balaban J connectivity index is 2.91. The van der Waals surface area contributed by atoms with Crippen LogP contribution >= 0.6 is 0 Å². The Morgan fingerprint density at radius 2 is 1.75 bits per heavy atom. The van der Waals surface area contributed by atoms with E-state index in [9.17, 15) is 24.3 Å². The smallest absolute Gasteiger partial charge is 0.326 e. The van der Waals surface area contributed by atoms with Crippen molar-refractivity contribution in [2.24, 2.45) is 5.92 Å². The molecule has 1 fully saturated rings. The van der Waals surface area contributed by atoms with Gasteiger partial charge in [0, 0.05) is 19.8 Å². The van der Waals surface area contributed by atoms with Crippen molar-refractivity contribution in [3.63, 3.8) is 0 Å². The van der Waals surface area contributed by atoms with Gasteiger partial charge in [0.1, 0.15) is 12.7 Å². The summed E-state index contributed by atoms with van der Waals surface area (Å²) in [5.74, 6) is -2.26. The lowest BCUT2D eigenvalue weighted by atomic mass is 10.0. The van der Waals surface area contributed by atoms with Crippen molar-refractivity contribution in [3.05, 3.63) is 0 Å². The van der Waals surface area contributed by atoms with Gasteiger partial charge in [-0.05, 0) is 12.3 Å². The molecule has 0 spiro atoms. The molecule has 0 radical (unpaired) electrons. The van der Waals surface area contributed by atoms with Gasteiger partial charge in [-0.2, -0.15) is 0 Å². The van der Waals surface area contributed by atoms with Crippen LogP contribution in [0.1, 0.15) is 40.0 Å². The van der Waals surface area contributed by atoms with Crippen LogP contribution in [0.15, 0.2) is 0 Å². The van der Waals surface area contributed by atoms with Crippen LogP contribution in [0.3, 0.4) is 0 Å². The fraction of sp³-hybridized carbons (Fsp3) is 0.692. The second-order valence-electron chi connectivity index (χ2n) is 5.33. The van der Waals surface area contributed by atoms with E-state index < -0.39 is 17.9 Å². The zero-order valence-corrected chi connectivity index (χ0v) is 12.0. The van der Waals surface area contributed by atoms with E-state index in [0.717, 1.165) is 9.80 Å². The summed E-state index contributed by atoms with van der Waals surface area (Å²) >= 11 is 0. The third kappa shape index (κ3) is 3.79. The van der Waals surface area contributed by atoms with Gasteiger partial charge in [-0.25, -0.2) is 4.79 Å². The summed E-state index contributed by atoms with van der Waals surface area (Å²) in [6.07, 6.45) is 0.504. The molecule has 1 saturated heterocycles. The van der Waals surface area contributed by atoms with Gasteiger partial charge >= 0.3 is 5.97 Å². The lowest BCUT2D eigenvalue weighted by Crippen LogP contribution is -2.51. The Labute approximate surface area is 117 Å². The minimum Gasteiger partial charge on any atom is -0.480 e. The number of imide groups is 1. The molecule has 0 saturated carbocycles. The first kappa shape index (κ1) is 16.1. The van der Waals surface area contributed by atoms with Crippen molar-refractivity contribution < 1.29 is 24.3 Å². The molecule has 1 heterocycles. The maximum absolute atomic E-state index is 11.7. The molecule has 3 amide bonds. The van der Waals surface area contributed by atoms with Gasteiger partial charge in [0.15, 0.2) is 0 Å². The molecule has 112 valence electrons. The normalized spacial score (nSPS) is 16.7. The summed E-state index contributed by atoms with van der Waals surface area (Å²) in [5, 5.41) is 9.26. The zero-order chi connectivity index (χ0) is 15.4. The third-order valence-corrected chi connectivity index (χ3v) is 3.21. The third-order valence-electron chi connectivity index (χ3n) is 3.21. The number of rotatable bonds is 6. The van der Waals surface area contributed by atoms with E-state index in [2.05, 4.69) is 0 Å². The maximum Gasteiger partial charge on any atom is 0.326 e. The van der Waals surface area contributed by atoms with Crippen molar-refractivity contribution in [2.45, 2.75) is 46.1 Å². The van der Waals surface area contributed by atoms with Crippen LogP contribution in [0.25, 0.3) is 0 Å². The molecule has 1 atom stereocenters. The molecule has 7 nitrogen and oxygen atoms in total. The van der Waals surface area contributed by atoms with Crippen LogP contribution in [0.4, 0.5) is 0 Å². The molecule has 0 aromatic heterocycles. The molecule has 0 aromatic rings. The Morgan fingerprint density at radius 3 is 2.10 bits per heavy atom. The largest absolute Gasteiger partial charge is 0.480 e. The van der Waals surface area contributed by atoms with Crippen molar-refractivity contribution in [1.82, 2.24) is 9.80 Å². The number of carboxylic acids is 1. The van der Waals surface area contributed by atoms with Crippen LogP contribution in [0.2, 0.25) is 0 Å². The number of aliphatic carboxylic acids is 1. The van der Waals surface area contributed by atoms with E-state index in [1.54, 1.807) is 0 Å². The fourth-order valence-corrected chi connectivity index (χ4v) is 2.16. The average Bonchev–Trinajstić information content (AvgIpc) is 2.63. The first-order valence-electron chi connectivity index (χ1n) is 6.57. The molecule has 20 heavy (non-hydrogen) atoms. The van der Waals surface area contributed by atoms with Crippen LogP contribution in [0, 0.1) is 5.92 Å². The van der Waals surface area contributed by atoms with Crippen molar-refractivity contribution in [2.75, 3.05) is 6.67 Å². The van der Waals surface area contributed by atoms with Crippen molar-refractivity contribution in [1.29, 1.82) is 0 Å². The van der Waals surface area contributed by atoms with Gasteiger partial charge in [0.05, 0.1) is 0 Å². The highest BCUT2D eigenvalue weighted by atomic mass is 16.4. The first-order valence-corrected chi connectivity index (χ1v) is 6.57. The molecule has 0 aromatic carbocycles. The number of carboxylic acid groups (broad SMARTS) is 1. The predicted octanol–water partition coefficient (Wildman–Crippen LogP) is 0.441. The molecule has 1 rings (SSSR count). The fourth-order valence-electron chi connectivity index (χ4n) is 2.16. The van der Waals surface area contributed by atoms with Gasteiger partial charge < -0.3 is 10.0 Å². The minimum absolute atomic E-state index is 0.0722. The zero-order valence-electron chi connectivity index (χ0n) is 12.0. The van der Waals surface area contributed by atoms with E-state index in [1.807, 2.05) is 13.8 Å². The monoisotopic (exact) mass is 284 g/mol. The molecule has 1 aliphatic heterocycles. The van der Waals surface area contributed by atoms with Gasteiger partial charge in [0.25, 0.3) is 0 Å². The number of carbonyl (C=O) groups excluding carboxylic acids is 3. The number of amides is 3. The van der Waals surface area contributed by atoms with E-state index >= 15 is 0 Å².